The van der Waals surface area contributed by atoms with Crippen LogP contribution in [0.25, 0.3) is 10.9 Å². The van der Waals surface area contributed by atoms with Gasteiger partial charge >= 0.3 is 0 Å². The monoisotopic (exact) mass is 257 g/mol. The first-order valence-electron chi connectivity index (χ1n) is 6.23. The lowest BCUT2D eigenvalue weighted by atomic mass is 9.96. The molecule has 18 heavy (non-hydrogen) atoms. The van der Waals surface area contributed by atoms with Gasteiger partial charge in [0.25, 0.3) is 0 Å². The van der Waals surface area contributed by atoms with Crippen LogP contribution in [-0.2, 0) is 0 Å². The molecule has 1 aliphatic rings. The van der Waals surface area contributed by atoms with Gasteiger partial charge in [-0.25, -0.2) is 0 Å². The molecule has 0 saturated carbocycles. The highest BCUT2D eigenvalue weighted by atomic mass is 32.2. The average molecular weight is 257 g/mol. The van der Waals surface area contributed by atoms with Crippen LogP contribution >= 0.6 is 11.8 Å². The minimum Gasteiger partial charge on any atom is -0.294 e. The summed E-state index contributed by atoms with van der Waals surface area (Å²) < 4.78 is 0. The summed E-state index contributed by atoms with van der Waals surface area (Å²) in [6.45, 7) is 1.98. The number of hydrogen-bond donors (Lipinski definition) is 0. The van der Waals surface area contributed by atoms with E-state index < -0.39 is 0 Å². The highest BCUT2D eigenvalue weighted by Gasteiger charge is 2.24. The van der Waals surface area contributed by atoms with Crippen LogP contribution in [0.15, 0.2) is 30.3 Å². The Balaban J connectivity index is 1.97. The Hall–Kier alpha value is -1.35. The second kappa shape index (κ2) is 4.73. The van der Waals surface area contributed by atoms with Crippen LogP contribution in [0.2, 0.25) is 0 Å². The molecule has 0 bridgehead atoms. The second-order valence-corrected chi connectivity index (χ2v) is 5.93. The minimum absolute atomic E-state index is 0.214. The third-order valence-electron chi connectivity index (χ3n) is 3.41. The Morgan fingerprint density at radius 3 is 3.00 bits per heavy atom. The van der Waals surface area contributed by atoms with Gasteiger partial charge in [-0.05, 0) is 43.4 Å². The van der Waals surface area contributed by atoms with Gasteiger partial charge in [-0.1, -0.05) is 6.07 Å². The minimum atomic E-state index is 0.214. The van der Waals surface area contributed by atoms with Crippen LogP contribution in [0.1, 0.15) is 22.5 Å². The molecule has 1 saturated heterocycles. The van der Waals surface area contributed by atoms with Crippen LogP contribution in [0.4, 0.5) is 0 Å². The SMILES string of the molecule is Cc1ccc2cc(C(=O)C3CCSC3)ccc2n1. The largest absolute Gasteiger partial charge is 0.294 e. The van der Waals surface area contributed by atoms with Crippen molar-refractivity contribution in [2.75, 3.05) is 11.5 Å². The van der Waals surface area contributed by atoms with Crippen molar-refractivity contribution in [3.05, 3.63) is 41.6 Å². The zero-order valence-electron chi connectivity index (χ0n) is 10.3. The average Bonchev–Trinajstić information content (AvgIpc) is 2.91. The van der Waals surface area contributed by atoms with Gasteiger partial charge in [-0.15, -0.1) is 0 Å². The molecule has 3 heteroatoms. The summed E-state index contributed by atoms with van der Waals surface area (Å²) in [7, 11) is 0. The molecule has 0 N–H and O–H groups in total. The second-order valence-electron chi connectivity index (χ2n) is 4.78. The van der Waals surface area contributed by atoms with Gasteiger partial charge < -0.3 is 0 Å². The van der Waals surface area contributed by atoms with Gasteiger partial charge in [0.15, 0.2) is 5.78 Å². The summed E-state index contributed by atoms with van der Waals surface area (Å²) in [5.74, 6) is 2.60. The number of pyridine rings is 1. The van der Waals surface area contributed by atoms with E-state index in [2.05, 4.69) is 4.98 Å². The smallest absolute Gasteiger partial charge is 0.166 e. The molecule has 1 aliphatic heterocycles. The van der Waals surface area contributed by atoms with Crippen molar-refractivity contribution in [2.24, 2.45) is 5.92 Å². The van der Waals surface area contributed by atoms with E-state index in [0.717, 1.165) is 40.1 Å². The number of carbonyl (C=O) groups excluding carboxylic acids is 1. The summed E-state index contributed by atoms with van der Waals surface area (Å²) in [4.78, 5) is 16.8. The summed E-state index contributed by atoms with van der Waals surface area (Å²) in [5, 5.41) is 1.05. The van der Waals surface area contributed by atoms with E-state index in [-0.39, 0.29) is 5.92 Å². The molecule has 3 rings (SSSR count). The van der Waals surface area contributed by atoms with Crippen molar-refractivity contribution in [1.29, 1.82) is 0 Å². The summed E-state index contributed by atoms with van der Waals surface area (Å²) in [6, 6.07) is 9.88. The maximum Gasteiger partial charge on any atom is 0.166 e. The quantitative estimate of drug-likeness (QED) is 0.771. The number of fused-ring (bicyclic) bond motifs is 1. The van der Waals surface area contributed by atoms with Crippen molar-refractivity contribution in [2.45, 2.75) is 13.3 Å². The van der Waals surface area contributed by atoms with E-state index in [4.69, 9.17) is 0 Å². The van der Waals surface area contributed by atoms with E-state index in [1.54, 1.807) is 0 Å². The lowest BCUT2D eigenvalue weighted by Gasteiger charge is -2.08. The van der Waals surface area contributed by atoms with Gasteiger partial charge in [0.05, 0.1) is 5.52 Å². The molecule has 0 radical (unpaired) electrons. The number of thioether (sulfide) groups is 1. The zero-order chi connectivity index (χ0) is 12.5. The Kier molecular flexibility index (Phi) is 3.08. The number of nitrogens with zero attached hydrogens (tertiary/aromatic N) is 1. The molecule has 1 aromatic heterocycles. The fraction of sp³-hybridized carbons (Fsp3) is 0.333. The van der Waals surface area contributed by atoms with E-state index in [9.17, 15) is 4.79 Å². The van der Waals surface area contributed by atoms with Crippen molar-refractivity contribution in [3.63, 3.8) is 0 Å². The van der Waals surface area contributed by atoms with Crippen LogP contribution in [0.5, 0.6) is 0 Å². The normalized spacial score (nSPS) is 19.3. The molecule has 1 fully saturated rings. The van der Waals surface area contributed by atoms with E-state index in [0.29, 0.717) is 5.78 Å². The molecule has 0 spiro atoms. The molecule has 2 nitrogen and oxygen atoms in total. The Morgan fingerprint density at radius 1 is 1.33 bits per heavy atom. The summed E-state index contributed by atoms with van der Waals surface area (Å²) in [5.41, 5.74) is 2.81. The van der Waals surface area contributed by atoms with Gasteiger partial charge in [0.2, 0.25) is 0 Å². The molecule has 0 amide bonds. The first-order valence-corrected chi connectivity index (χ1v) is 7.39. The number of rotatable bonds is 2. The molecule has 2 heterocycles. The Morgan fingerprint density at radius 2 is 2.22 bits per heavy atom. The molecule has 2 aromatic rings. The molecule has 0 aliphatic carbocycles. The Labute approximate surface area is 111 Å². The predicted molar refractivity (Wildman–Crippen MR) is 76.2 cm³/mol. The number of benzene rings is 1. The maximum atomic E-state index is 12.3. The fourth-order valence-corrected chi connectivity index (χ4v) is 3.58. The highest BCUT2D eigenvalue weighted by molar-refractivity contribution is 7.99. The molecular formula is C15H15NOS. The van der Waals surface area contributed by atoms with Gasteiger partial charge in [0.1, 0.15) is 0 Å². The van der Waals surface area contributed by atoms with Crippen molar-refractivity contribution < 1.29 is 4.79 Å². The number of aromatic nitrogens is 1. The fourth-order valence-electron chi connectivity index (χ4n) is 2.36. The number of hydrogen-bond acceptors (Lipinski definition) is 3. The number of aryl methyl sites for hydroxylation is 1. The molecule has 1 atom stereocenters. The van der Waals surface area contributed by atoms with Crippen molar-refractivity contribution >= 4 is 28.4 Å². The molecular weight excluding hydrogens is 242 g/mol. The first kappa shape index (κ1) is 11.7. The van der Waals surface area contributed by atoms with E-state index in [1.807, 2.05) is 49.0 Å². The van der Waals surface area contributed by atoms with Gasteiger partial charge in [-0.2, -0.15) is 11.8 Å². The third-order valence-corrected chi connectivity index (χ3v) is 4.58. The zero-order valence-corrected chi connectivity index (χ0v) is 11.2. The summed E-state index contributed by atoms with van der Waals surface area (Å²) >= 11 is 1.88. The third kappa shape index (κ3) is 2.15. The van der Waals surface area contributed by atoms with E-state index in [1.165, 1.54) is 0 Å². The lowest BCUT2D eigenvalue weighted by molar-refractivity contribution is 0.0934. The molecule has 1 unspecified atom stereocenters. The van der Waals surface area contributed by atoms with Gasteiger partial charge in [0, 0.05) is 28.3 Å². The van der Waals surface area contributed by atoms with E-state index >= 15 is 0 Å². The van der Waals surface area contributed by atoms with Crippen LogP contribution in [0, 0.1) is 12.8 Å². The number of ketones is 1. The van der Waals surface area contributed by atoms with Crippen LogP contribution < -0.4 is 0 Å². The molecule has 1 aromatic carbocycles. The van der Waals surface area contributed by atoms with Crippen LogP contribution in [-0.4, -0.2) is 22.3 Å². The van der Waals surface area contributed by atoms with Crippen molar-refractivity contribution in [3.8, 4) is 0 Å². The standard InChI is InChI=1S/C15H15NOS/c1-10-2-3-11-8-12(4-5-14(11)16-10)15(17)13-6-7-18-9-13/h2-5,8,13H,6-7,9H2,1H3. The highest BCUT2D eigenvalue weighted by Crippen LogP contribution is 2.27. The topological polar surface area (TPSA) is 30.0 Å². The Bertz CT molecular complexity index is 602. The molecule has 92 valence electrons. The first-order chi connectivity index (χ1) is 8.74. The number of Topliss-reactive ketones (excluding diaryl/α,β-unsaturated/α-hetero) is 1. The van der Waals surface area contributed by atoms with Gasteiger partial charge in [-0.3, -0.25) is 9.78 Å². The lowest BCUT2D eigenvalue weighted by Crippen LogP contribution is -2.13. The van der Waals surface area contributed by atoms with Crippen molar-refractivity contribution in [1.82, 2.24) is 4.98 Å². The maximum absolute atomic E-state index is 12.3. The predicted octanol–water partition coefficient (Wildman–Crippen LogP) is 3.48. The number of carbonyl (C=O) groups is 1. The summed E-state index contributed by atoms with van der Waals surface area (Å²) in [6.07, 6.45) is 1.02. The van der Waals surface area contributed by atoms with Crippen LogP contribution in [0.3, 0.4) is 0 Å².